The van der Waals surface area contributed by atoms with Crippen LogP contribution in [0, 0.1) is 13.8 Å². The number of thiazole rings is 1. The predicted octanol–water partition coefficient (Wildman–Crippen LogP) is 4.30. The van der Waals surface area contributed by atoms with Gasteiger partial charge in [-0.15, -0.1) is 0 Å². The molecule has 6 nitrogen and oxygen atoms in total. The van der Waals surface area contributed by atoms with Gasteiger partial charge in [-0.1, -0.05) is 22.9 Å². The topological polar surface area (TPSA) is 77.7 Å². The van der Waals surface area contributed by atoms with Crippen molar-refractivity contribution >= 4 is 48.9 Å². The maximum Gasteiger partial charge on any atom is 0.249 e. The Morgan fingerprint density at radius 1 is 1.16 bits per heavy atom. The van der Waals surface area contributed by atoms with E-state index in [0.29, 0.717) is 29.6 Å². The highest BCUT2D eigenvalue weighted by atomic mass is 35.5. The second-order valence-electron chi connectivity index (χ2n) is 7.17. The lowest BCUT2D eigenvalue weighted by Gasteiger charge is -2.07. The number of hydrogen-bond acceptors (Lipinski definition) is 5. The second-order valence-corrected chi connectivity index (χ2v) is 10.7. The zero-order valence-electron chi connectivity index (χ0n) is 17.7. The summed E-state index contributed by atoms with van der Waals surface area (Å²) in [6.45, 7) is 7.69. The largest absolute Gasteiger partial charge is 0.380 e. The quantitative estimate of drug-likeness (QED) is 0.450. The molecule has 1 aromatic heterocycles. The molecule has 0 atom stereocenters. The van der Waals surface area contributed by atoms with E-state index in [-0.39, 0.29) is 17.1 Å². The SMILES string of the molecule is CCOCCn1c(=NC(=O)CCS(=O)(=O)c2ccc(Cl)cc2)sc2cc(C)c(C)cc21. The van der Waals surface area contributed by atoms with Crippen molar-refractivity contribution in [2.75, 3.05) is 19.0 Å². The standard InChI is InChI=1S/C22H25ClN2O4S2/c1-4-29-11-10-25-19-13-15(2)16(3)14-20(19)30-22(25)24-21(26)9-12-31(27,28)18-7-5-17(23)6-8-18/h5-8,13-14H,4,9-12H2,1-3H3. The van der Waals surface area contributed by atoms with Gasteiger partial charge in [0.25, 0.3) is 0 Å². The summed E-state index contributed by atoms with van der Waals surface area (Å²) in [5, 5.41) is 0.455. The molecule has 3 aromatic rings. The summed E-state index contributed by atoms with van der Waals surface area (Å²) >= 11 is 7.24. The van der Waals surface area contributed by atoms with Crippen LogP contribution in [0.1, 0.15) is 24.5 Å². The molecule has 0 saturated carbocycles. The van der Waals surface area contributed by atoms with E-state index >= 15 is 0 Å². The van der Waals surface area contributed by atoms with Crippen molar-refractivity contribution in [1.82, 2.24) is 4.57 Å². The van der Waals surface area contributed by atoms with Crippen molar-refractivity contribution in [3.05, 3.63) is 57.3 Å². The molecule has 3 rings (SSSR count). The summed E-state index contributed by atoms with van der Waals surface area (Å²) in [6, 6.07) is 10.1. The molecule has 0 bridgehead atoms. The Balaban J connectivity index is 1.87. The van der Waals surface area contributed by atoms with Crippen LogP contribution in [-0.2, 0) is 25.9 Å². The van der Waals surface area contributed by atoms with Crippen LogP contribution >= 0.6 is 22.9 Å². The fourth-order valence-corrected chi connectivity index (χ4v) is 5.58. The van der Waals surface area contributed by atoms with Gasteiger partial charge in [-0.05, 0) is 68.3 Å². The minimum Gasteiger partial charge on any atom is -0.380 e. The molecule has 1 amide bonds. The normalized spacial score (nSPS) is 12.6. The van der Waals surface area contributed by atoms with Gasteiger partial charge < -0.3 is 9.30 Å². The van der Waals surface area contributed by atoms with Crippen LogP contribution in [0.4, 0.5) is 0 Å². The van der Waals surface area contributed by atoms with E-state index in [1.807, 2.05) is 25.3 Å². The van der Waals surface area contributed by atoms with Gasteiger partial charge in [0, 0.05) is 24.6 Å². The van der Waals surface area contributed by atoms with Gasteiger partial charge in [0.05, 0.1) is 27.5 Å². The van der Waals surface area contributed by atoms with Crippen molar-refractivity contribution in [1.29, 1.82) is 0 Å². The molecule has 1 heterocycles. The Kier molecular flexibility index (Phi) is 7.69. The number of carbonyl (C=O) groups is 1. The maximum absolute atomic E-state index is 12.5. The first-order valence-electron chi connectivity index (χ1n) is 9.95. The number of fused-ring (bicyclic) bond motifs is 1. The molecule has 9 heteroatoms. The Labute approximate surface area is 191 Å². The van der Waals surface area contributed by atoms with Crippen LogP contribution in [0.15, 0.2) is 46.3 Å². The van der Waals surface area contributed by atoms with E-state index in [0.717, 1.165) is 21.3 Å². The fraction of sp³-hybridized carbons (Fsp3) is 0.364. The predicted molar refractivity (Wildman–Crippen MR) is 124 cm³/mol. The van der Waals surface area contributed by atoms with Gasteiger partial charge in [-0.25, -0.2) is 8.42 Å². The van der Waals surface area contributed by atoms with Gasteiger partial charge in [0.15, 0.2) is 14.6 Å². The van der Waals surface area contributed by atoms with E-state index in [1.54, 1.807) is 0 Å². The van der Waals surface area contributed by atoms with Crippen LogP contribution in [0.2, 0.25) is 5.02 Å². The third-order valence-corrected chi connectivity index (χ3v) is 7.96. The van der Waals surface area contributed by atoms with E-state index < -0.39 is 15.7 Å². The number of hydrogen-bond donors (Lipinski definition) is 0. The molecule has 0 fully saturated rings. The molecule has 0 aliphatic carbocycles. The summed E-state index contributed by atoms with van der Waals surface area (Å²) in [5.74, 6) is -0.776. The van der Waals surface area contributed by atoms with Crippen molar-refractivity contribution in [2.24, 2.45) is 4.99 Å². The smallest absolute Gasteiger partial charge is 0.249 e. The fourth-order valence-electron chi connectivity index (χ4n) is 3.07. The summed E-state index contributed by atoms with van der Waals surface area (Å²) in [6.07, 6.45) is -0.192. The number of ether oxygens (including phenoxy) is 1. The van der Waals surface area contributed by atoms with Gasteiger partial charge in [-0.3, -0.25) is 4.79 Å². The molecule has 31 heavy (non-hydrogen) atoms. The monoisotopic (exact) mass is 480 g/mol. The van der Waals surface area contributed by atoms with E-state index in [1.165, 1.54) is 35.6 Å². The van der Waals surface area contributed by atoms with Gasteiger partial charge in [0.1, 0.15) is 0 Å². The number of nitrogens with zero attached hydrogens (tertiary/aromatic N) is 2. The van der Waals surface area contributed by atoms with Gasteiger partial charge >= 0.3 is 0 Å². The highest BCUT2D eigenvalue weighted by molar-refractivity contribution is 7.91. The highest BCUT2D eigenvalue weighted by Crippen LogP contribution is 2.22. The molecule has 0 unspecified atom stereocenters. The number of carbonyl (C=O) groups excluding carboxylic acids is 1. The molecule has 0 aliphatic rings. The van der Waals surface area contributed by atoms with Crippen molar-refractivity contribution in [2.45, 2.75) is 38.6 Å². The summed E-state index contributed by atoms with van der Waals surface area (Å²) < 4.78 is 33.5. The molecule has 0 aliphatic heterocycles. The Bertz CT molecular complexity index is 1260. The maximum atomic E-state index is 12.5. The molecule has 0 saturated heterocycles. The van der Waals surface area contributed by atoms with E-state index in [2.05, 4.69) is 17.1 Å². The Hall–Kier alpha value is -2.00. The summed E-state index contributed by atoms with van der Waals surface area (Å²) in [5.41, 5.74) is 3.31. The van der Waals surface area contributed by atoms with Crippen LogP contribution in [-0.4, -0.2) is 37.9 Å². The minimum atomic E-state index is -3.59. The molecule has 0 spiro atoms. The number of rotatable bonds is 8. The number of aryl methyl sites for hydroxylation is 2. The average Bonchev–Trinajstić information content (AvgIpc) is 3.03. The van der Waals surface area contributed by atoms with E-state index in [9.17, 15) is 13.2 Å². The van der Waals surface area contributed by atoms with Gasteiger partial charge in [0.2, 0.25) is 5.91 Å². The third kappa shape index (κ3) is 5.83. The average molecular weight is 481 g/mol. The zero-order chi connectivity index (χ0) is 22.6. The first kappa shape index (κ1) is 23.7. The third-order valence-electron chi connectivity index (χ3n) is 4.94. The number of halogens is 1. The Morgan fingerprint density at radius 2 is 1.84 bits per heavy atom. The van der Waals surface area contributed by atoms with Gasteiger partial charge in [-0.2, -0.15) is 4.99 Å². The molecule has 2 aromatic carbocycles. The van der Waals surface area contributed by atoms with Crippen LogP contribution in [0.3, 0.4) is 0 Å². The number of sulfone groups is 1. The molecule has 0 N–H and O–H groups in total. The van der Waals surface area contributed by atoms with Crippen molar-refractivity contribution in [3.63, 3.8) is 0 Å². The highest BCUT2D eigenvalue weighted by Gasteiger charge is 2.17. The van der Waals surface area contributed by atoms with Crippen LogP contribution in [0.5, 0.6) is 0 Å². The zero-order valence-corrected chi connectivity index (χ0v) is 20.1. The summed E-state index contributed by atoms with van der Waals surface area (Å²) in [4.78, 5) is 17.5. The molecular weight excluding hydrogens is 456 g/mol. The van der Waals surface area contributed by atoms with Crippen LogP contribution in [0.25, 0.3) is 10.2 Å². The lowest BCUT2D eigenvalue weighted by atomic mass is 10.1. The second kappa shape index (κ2) is 10.1. The number of amides is 1. The van der Waals surface area contributed by atoms with Crippen LogP contribution < -0.4 is 4.80 Å². The number of benzene rings is 2. The number of aromatic nitrogens is 1. The van der Waals surface area contributed by atoms with Crippen molar-refractivity contribution in [3.8, 4) is 0 Å². The molecular formula is C22H25ClN2O4S2. The molecule has 166 valence electrons. The minimum absolute atomic E-state index is 0.143. The lowest BCUT2D eigenvalue weighted by Crippen LogP contribution is -2.20. The summed E-state index contributed by atoms with van der Waals surface area (Å²) in [7, 11) is -3.59. The van der Waals surface area contributed by atoms with Crippen molar-refractivity contribution < 1.29 is 17.9 Å². The lowest BCUT2D eigenvalue weighted by molar-refractivity contribution is -0.117. The first-order chi connectivity index (χ1) is 14.7. The first-order valence-corrected chi connectivity index (χ1v) is 12.8. The Morgan fingerprint density at radius 3 is 2.52 bits per heavy atom. The molecule has 0 radical (unpaired) electrons. The van der Waals surface area contributed by atoms with E-state index in [4.69, 9.17) is 16.3 Å².